The van der Waals surface area contributed by atoms with Crippen LogP contribution in [0.4, 0.5) is 0 Å². The van der Waals surface area contributed by atoms with E-state index in [1.165, 1.54) is 4.90 Å². The second-order valence-corrected chi connectivity index (χ2v) is 3.97. The molecule has 5 heteroatoms. The molecule has 1 saturated heterocycles. The van der Waals surface area contributed by atoms with Crippen molar-refractivity contribution in [1.82, 2.24) is 9.88 Å². The van der Waals surface area contributed by atoms with Crippen LogP contribution < -0.4 is 0 Å². The van der Waals surface area contributed by atoms with Crippen LogP contribution in [0, 0.1) is 0 Å². The van der Waals surface area contributed by atoms with Crippen LogP contribution in [0.2, 0.25) is 0 Å². The van der Waals surface area contributed by atoms with Crippen molar-refractivity contribution in [2.75, 3.05) is 13.1 Å². The molecule has 1 fully saturated rings. The number of hydrogen-bond acceptors (Lipinski definition) is 4. The highest BCUT2D eigenvalue weighted by Crippen LogP contribution is 2.11. The highest BCUT2D eigenvalue weighted by Gasteiger charge is 2.32. The van der Waals surface area contributed by atoms with Crippen molar-refractivity contribution in [2.45, 2.75) is 18.6 Å². The van der Waals surface area contributed by atoms with E-state index >= 15 is 0 Å². The summed E-state index contributed by atoms with van der Waals surface area (Å²) in [5.74, 6) is -0.0939. The molecule has 0 radical (unpaired) electrons. The molecule has 0 spiro atoms. The molecule has 16 heavy (non-hydrogen) atoms. The number of pyridine rings is 1. The van der Waals surface area contributed by atoms with Crippen molar-refractivity contribution in [1.29, 1.82) is 0 Å². The first kappa shape index (κ1) is 11.0. The van der Waals surface area contributed by atoms with Crippen LogP contribution in [-0.4, -0.2) is 51.3 Å². The average molecular weight is 222 g/mol. The van der Waals surface area contributed by atoms with Gasteiger partial charge in [-0.1, -0.05) is 6.07 Å². The van der Waals surface area contributed by atoms with Gasteiger partial charge < -0.3 is 15.1 Å². The van der Waals surface area contributed by atoms with E-state index in [0.29, 0.717) is 0 Å². The van der Waals surface area contributed by atoms with Crippen LogP contribution in [0.3, 0.4) is 0 Å². The van der Waals surface area contributed by atoms with Gasteiger partial charge in [0.25, 0.3) is 0 Å². The van der Waals surface area contributed by atoms with Gasteiger partial charge in [-0.2, -0.15) is 0 Å². The lowest BCUT2D eigenvalue weighted by Gasteiger charge is -2.14. The summed E-state index contributed by atoms with van der Waals surface area (Å²) in [5, 5.41) is 18.7. The van der Waals surface area contributed by atoms with Gasteiger partial charge in [-0.15, -0.1) is 0 Å². The molecule has 0 aromatic carbocycles. The maximum absolute atomic E-state index is 11.8. The molecule has 0 aliphatic carbocycles. The molecule has 0 saturated carbocycles. The summed E-state index contributed by atoms with van der Waals surface area (Å²) in [6.45, 7) is 0.417. The quantitative estimate of drug-likeness (QED) is 0.686. The van der Waals surface area contributed by atoms with E-state index in [1.807, 2.05) is 6.07 Å². The van der Waals surface area contributed by atoms with E-state index in [0.717, 1.165) is 5.56 Å². The van der Waals surface area contributed by atoms with Crippen LogP contribution >= 0.6 is 0 Å². The lowest BCUT2D eigenvalue weighted by molar-refractivity contribution is -0.129. The Labute approximate surface area is 93.3 Å². The SMILES string of the molecule is O=C(Cc1cccnc1)N1CC(O)C(O)C1. The molecular formula is C11H14N2O3. The summed E-state index contributed by atoms with van der Waals surface area (Å²) in [5.41, 5.74) is 0.836. The van der Waals surface area contributed by atoms with Crippen LogP contribution in [0.15, 0.2) is 24.5 Å². The maximum Gasteiger partial charge on any atom is 0.227 e. The molecule has 2 heterocycles. The van der Waals surface area contributed by atoms with Gasteiger partial charge in [0.2, 0.25) is 5.91 Å². The number of rotatable bonds is 2. The first-order chi connectivity index (χ1) is 7.66. The minimum atomic E-state index is -0.821. The Balaban J connectivity index is 1.95. The smallest absolute Gasteiger partial charge is 0.227 e. The minimum absolute atomic E-state index is 0.0939. The molecule has 5 nitrogen and oxygen atoms in total. The fourth-order valence-corrected chi connectivity index (χ4v) is 1.76. The number of aliphatic hydroxyl groups excluding tert-OH is 2. The van der Waals surface area contributed by atoms with Crippen molar-refractivity contribution in [3.05, 3.63) is 30.1 Å². The molecule has 2 rings (SSSR count). The van der Waals surface area contributed by atoms with Gasteiger partial charge in [-0.3, -0.25) is 9.78 Å². The number of nitrogens with zero attached hydrogens (tertiary/aromatic N) is 2. The van der Waals surface area contributed by atoms with E-state index in [2.05, 4.69) is 4.98 Å². The topological polar surface area (TPSA) is 73.7 Å². The summed E-state index contributed by atoms with van der Waals surface area (Å²) in [7, 11) is 0. The number of aromatic nitrogens is 1. The Morgan fingerprint density at radius 1 is 1.44 bits per heavy atom. The number of hydrogen-bond donors (Lipinski definition) is 2. The summed E-state index contributed by atoms with van der Waals surface area (Å²) in [6.07, 6.45) is 1.90. The lowest BCUT2D eigenvalue weighted by Crippen LogP contribution is -2.31. The predicted octanol–water partition coefficient (Wildman–Crippen LogP) is -0.812. The van der Waals surface area contributed by atoms with E-state index in [1.54, 1.807) is 18.5 Å². The molecule has 2 unspecified atom stereocenters. The zero-order valence-corrected chi connectivity index (χ0v) is 8.78. The van der Waals surface area contributed by atoms with Crippen LogP contribution in [0.25, 0.3) is 0 Å². The average Bonchev–Trinajstić information content (AvgIpc) is 2.61. The molecule has 86 valence electrons. The third kappa shape index (κ3) is 2.37. The standard InChI is InChI=1S/C11H14N2O3/c14-9-6-13(7-10(9)15)11(16)4-8-2-1-3-12-5-8/h1-3,5,9-10,14-15H,4,6-7H2. The largest absolute Gasteiger partial charge is 0.388 e. The van der Waals surface area contributed by atoms with Gasteiger partial charge in [-0.05, 0) is 11.6 Å². The third-order valence-electron chi connectivity index (χ3n) is 2.69. The second kappa shape index (κ2) is 4.59. The van der Waals surface area contributed by atoms with Crippen LogP contribution in [0.5, 0.6) is 0 Å². The number of amides is 1. The molecule has 0 bridgehead atoms. The highest BCUT2D eigenvalue weighted by molar-refractivity contribution is 5.79. The molecule has 2 atom stereocenters. The van der Waals surface area contributed by atoms with Gasteiger partial charge in [0.05, 0.1) is 18.6 Å². The molecule has 1 aliphatic heterocycles. The first-order valence-corrected chi connectivity index (χ1v) is 5.19. The Kier molecular flexibility index (Phi) is 3.17. The van der Waals surface area contributed by atoms with Gasteiger partial charge in [0.1, 0.15) is 0 Å². The summed E-state index contributed by atoms with van der Waals surface area (Å²) < 4.78 is 0. The van der Waals surface area contributed by atoms with E-state index in [4.69, 9.17) is 0 Å². The minimum Gasteiger partial charge on any atom is -0.388 e. The number of β-amino-alcohol motifs (C(OH)–C–C–N with tert-alkyl or cyclic N) is 2. The molecule has 1 aliphatic rings. The van der Waals surface area contributed by atoms with E-state index in [9.17, 15) is 15.0 Å². The van der Waals surface area contributed by atoms with Crippen molar-refractivity contribution in [2.24, 2.45) is 0 Å². The van der Waals surface area contributed by atoms with Crippen molar-refractivity contribution < 1.29 is 15.0 Å². The fourth-order valence-electron chi connectivity index (χ4n) is 1.76. The number of aliphatic hydroxyl groups is 2. The zero-order chi connectivity index (χ0) is 11.5. The third-order valence-corrected chi connectivity index (χ3v) is 2.69. The van der Waals surface area contributed by atoms with Gasteiger partial charge >= 0.3 is 0 Å². The second-order valence-electron chi connectivity index (χ2n) is 3.97. The van der Waals surface area contributed by atoms with Crippen molar-refractivity contribution in [3.8, 4) is 0 Å². The Bertz CT molecular complexity index is 359. The number of carbonyl (C=O) groups is 1. The first-order valence-electron chi connectivity index (χ1n) is 5.19. The van der Waals surface area contributed by atoms with E-state index < -0.39 is 12.2 Å². The maximum atomic E-state index is 11.8. The molecule has 1 aromatic heterocycles. The fraction of sp³-hybridized carbons (Fsp3) is 0.455. The van der Waals surface area contributed by atoms with E-state index in [-0.39, 0.29) is 25.4 Å². The number of carbonyl (C=O) groups excluding carboxylic acids is 1. The predicted molar refractivity (Wildman–Crippen MR) is 56.5 cm³/mol. The zero-order valence-electron chi connectivity index (χ0n) is 8.78. The molecule has 2 N–H and O–H groups in total. The van der Waals surface area contributed by atoms with Gasteiger partial charge in [-0.25, -0.2) is 0 Å². The molecule has 1 aromatic rings. The Morgan fingerprint density at radius 2 is 2.12 bits per heavy atom. The van der Waals surface area contributed by atoms with Crippen molar-refractivity contribution in [3.63, 3.8) is 0 Å². The van der Waals surface area contributed by atoms with Gasteiger partial charge in [0, 0.05) is 25.5 Å². The highest BCUT2D eigenvalue weighted by atomic mass is 16.3. The molecule has 1 amide bonds. The lowest BCUT2D eigenvalue weighted by atomic mass is 10.2. The summed E-state index contributed by atoms with van der Waals surface area (Å²) in [4.78, 5) is 17.2. The van der Waals surface area contributed by atoms with Crippen LogP contribution in [-0.2, 0) is 11.2 Å². The summed E-state index contributed by atoms with van der Waals surface area (Å²) in [6, 6.07) is 3.60. The van der Waals surface area contributed by atoms with Crippen LogP contribution in [0.1, 0.15) is 5.56 Å². The van der Waals surface area contributed by atoms with Gasteiger partial charge in [0.15, 0.2) is 0 Å². The Morgan fingerprint density at radius 3 is 2.69 bits per heavy atom. The number of likely N-dealkylation sites (tertiary alicyclic amines) is 1. The van der Waals surface area contributed by atoms with Crippen molar-refractivity contribution >= 4 is 5.91 Å². The monoisotopic (exact) mass is 222 g/mol. The Hall–Kier alpha value is -1.46. The summed E-state index contributed by atoms with van der Waals surface area (Å²) >= 11 is 0. The normalized spacial score (nSPS) is 24.8. The molecular weight excluding hydrogens is 208 g/mol.